The lowest BCUT2D eigenvalue weighted by Gasteiger charge is -2.34. The summed E-state index contributed by atoms with van der Waals surface area (Å²) in [6, 6.07) is 4.99. The van der Waals surface area contributed by atoms with Crippen LogP contribution in [0.5, 0.6) is 0 Å². The minimum absolute atomic E-state index is 0.147. The lowest BCUT2D eigenvalue weighted by molar-refractivity contribution is -0.00960. The molecule has 18 heavy (non-hydrogen) atoms. The average molecular weight is 274 g/mol. The molecule has 0 aliphatic heterocycles. The highest BCUT2D eigenvalue weighted by Gasteiger charge is 2.28. The van der Waals surface area contributed by atoms with Crippen LogP contribution in [-0.2, 0) is 11.2 Å². The molecule has 0 heterocycles. The van der Waals surface area contributed by atoms with Crippen LogP contribution in [0.15, 0.2) is 18.2 Å². The highest BCUT2D eigenvalue weighted by Crippen LogP contribution is 2.21. The fourth-order valence-electron chi connectivity index (χ4n) is 1.85. The van der Waals surface area contributed by atoms with Crippen molar-refractivity contribution >= 4 is 11.6 Å². The summed E-state index contributed by atoms with van der Waals surface area (Å²) < 4.78 is 18.6. The summed E-state index contributed by atoms with van der Waals surface area (Å²) in [6.07, 6.45) is 0.745. The van der Waals surface area contributed by atoms with Gasteiger partial charge in [0.1, 0.15) is 5.82 Å². The molecular weight excluding hydrogens is 253 g/mol. The maximum absolute atomic E-state index is 13.1. The molecule has 4 heteroatoms. The molecule has 0 saturated heterocycles. The van der Waals surface area contributed by atoms with Gasteiger partial charge in [-0.15, -0.1) is 0 Å². The first-order valence-electron chi connectivity index (χ1n) is 6.13. The van der Waals surface area contributed by atoms with Crippen LogP contribution in [0.1, 0.15) is 26.3 Å². The summed E-state index contributed by atoms with van der Waals surface area (Å²) in [4.78, 5) is 0. The molecule has 1 rings (SSSR count). The summed E-state index contributed by atoms with van der Waals surface area (Å²) >= 11 is 5.80. The van der Waals surface area contributed by atoms with Crippen molar-refractivity contribution in [2.45, 2.75) is 38.8 Å². The van der Waals surface area contributed by atoms with Gasteiger partial charge in [0, 0.05) is 13.2 Å². The van der Waals surface area contributed by atoms with Gasteiger partial charge in [-0.1, -0.05) is 24.6 Å². The van der Waals surface area contributed by atoms with E-state index >= 15 is 0 Å². The van der Waals surface area contributed by atoms with Gasteiger partial charge in [0.2, 0.25) is 0 Å². The van der Waals surface area contributed by atoms with E-state index < -0.39 is 0 Å². The Hall–Kier alpha value is -0.640. The molecule has 0 fully saturated rings. The van der Waals surface area contributed by atoms with Crippen molar-refractivity contribution in [2.75, 3.05) is 13.7 Å². The van der Waals surface area contributed by atoms with Crippen LogP contribution in [0.2, 0.25) is 5.02 Å². The first kappa shape index (κ1) is 15.4. The molecule has 0 radical (unpaired) electrons. The van der Waals surface area contributed by atoms with Gasteiger partial charge in [0.05, 0.1) is 10.6 Å². The summed E-state index contributed by atoms with van der Waals surface area (Å²) in [6.45, 7) is 6.97. The Kier molecular flexibility index (Phi) is 5.57. The van der Waals surface area contributed by atoms with Crippen molar-refractivity contribution in [2.24, 2.45) is 0 Å². The van der Waals surface area contributed by atoms with Crippen LogP contribution >= 0.6 is 11.6 Å². The van der Waals surface area contributed by atoms with E-state index in [4.69, 9.17) is 16.3 Å². The van der Waals surface area contributed by atoms with E-state index in [1.807, 2.05) is 13.8 Å². The SMILES string of the molecule is CCNC(Cc1ccc(F)c(Cl)c1)C(C)(C)OC. The number of halogens is 2. The van der Waals surface area contributed by atoms with Crippen LogP contribution in [0.25, 0.3) is 0 Å². The molecular formula is C14H21ClFNO. The number of likely N-dealkylation sites (N-methyl/N-ethyl adjacent to an activating group) is 1. The fraction of sp³-hybridized carbons (Fsp3) is 0.571. The Morgan fingerprint density at radius 2 is 2.11 bits per heavy atom. The third kappa shape index (κ3) is 3.94. The molecule has 0 aromatic heterocycles. The van der Waals surface area contributed by atoms with Gasteiger partial charge in [-0.25, -0.2) is 4.39 Å². The Morgan fingerprint density at radius 1 is 1.44 bits per heavy atom. The molecule has 0 aliphatic rings. The highest BCUT2D eigenvalue weighted by molar-refractivity contribution is 6.30. The number of nitrogens with one attached hydrogen (secondary N) is 1. The summed E-state index contributed by atoms with van der Waals surface area (Å²) in [5.74, 6) is -0.383. The van der Waals surface area contributed by atoms with E-state index in [0.717, 1.165) is 18.5 Å². The zero-order valence-corrected chi connectivity index (χ0v) is 12.1. The predicted molar refractivity (Wildman–Crippen MR) is 73.7 cm³/mol. The van der Waals surface area contributed by atoms with Crippen LogP contribution in [-0.4, -0.2) is 25.3 Å². The maximum atomic E-state index is 13.1. The third-order valence-electron chi connectivity index (χ3n) is 3.24. The van der Waals surface area contributed by atoms with Crippen molar-refractivity contribution in [1.29, 1.82) is 0 Å². The van der Waals surface area contributed by atoms with Crippen molar-refractivity contribution < 1.29 is 9.13 Å². The molecule has 0 bridgehead atoms. The van der Waals surface area contributed by atoms with Crippen molar-refractivity contribution in [3.05, 3.63) is 34.6 Å². The molecule has 0 aliphatic carbocycles. The quantitative estimate of drug-likeness (QED) is 0.857. The molecule has 2 nitrogen and oxygen atoms in total. The van der Waals surface area contributed by atoms with Gasteiger partial charge in [0.25, 0.3) is 0 Å². The van der Waals surface area contributed by atoms with Crippen LogP contribution < -0.4 is 5.32 Å². The molecule has 1 unspecified atom stereocenters. The fourth-order valence-corrected chi connectivity index (χ4v) is 2.06. The van der Waals surface area contributed by atoms with Gasteiger partial charge < -0.3 is 10.1 Å². The second-order valence-corrected chi connectivity index (χ2v) is 5.28. The van der Waals surface area contributed by atoms with E-state index in [9.17, 15) is 4.39 Å². The van der Waals surface area contributed by atoms with E-state index in [0.29, 0.717) is 0 Å². The minimum Gasteiger partial charge on any atom is -0.377 e. The Bertz CT molecular complexity index is 395. The second-order valence-electron chi connectivity index (χ2n) is 4.87. The topological polar surface area (TPSA) is 21.3 Å². The zero-order chi connectivity index (χ0) is 13.8. The largest absolute Gasteiger partial charge is 0.377 e. The van der Waals surface area contributed by atoms with Gasteiger partial charge >= 0.3 is 0 Å². The minimum atomic E-state index is -0.383. The Morgan fingerprint density at radius 3 is 2.61 bits per heavy atom. The van der Waals surface area contributed by atoms with Crippen LogP contribution in [0.3, 0.4) is 0 Å². The number of rotatable bonds is 6. The third-order valence-corrected chi connectivity index (χ3v) is 3.53. The van der Waals surface area contributed by atoms with E-state index in [1.165, 1.54) is 6.07 Å². The number of methoxy groups -OCH3 is 1. The summed E-state index contributed by atoms with van der Waals surface area (Å²) in [7, 11) is 1.70. The number of ether oxygens (including phenoxy) is 1. The van der Waals surface area contributed by atoms with E-state index in [-0.39, 0.29) is 22.5 Å². The van der Waals surface area contributed by atoms with Crippen LogP contribution in [0, 0.1) is 5.82 Å². The highest BCUT2D eigenvalue weighted by atomic mass is 35.5. The monoisotopic (exact) mass is 273 g/mol. The maximum Gasteiger partial charge on any atom is 0.141 e. The van der Waals surface area contributed by atoms with Gasteiger partial charge in [0.15, 0.2) is 0 Å². The lowest BCUT2D eigenvalue weighted by Crippen LogP contribution is -2.49. The molecule has 0 spiro atoms. The van der Waals surface area contributed by atoms with Crippen LogP contribution in [0.4, 0.5) is 4.39 Å². The van der Waals surface area contributed by atoms with Gasteiger partial charge in [-0.2, -0.15) is 0 Å². The van der Waals surface area contributed by atoms with Crippen molar-refractivity contribution in [3.63, 3.8) is 0 Å². The zero-order valence-electron chi connectivity index (χ0n) is 11.4. The number of benzene rings is 1. The molecule has 0 saturated carbocycles. The average Bonchev–Trinajstić information content (AvgIpc) is 2.33. The predicted octanol–water partition coefficient (Wildman–Crippen LogP) is 3.42. The summed E-state index contributed by atoms with van der Waals surface area (Å²) in [5, 5.41) is 3.56. The first-order valence-corrected chi connectivity index (χ1v) is 6.51. The smallest absolute Gasteiger partial charge is 0.141 e. The van der Waals surface area contributed by atoms with Crippen molar-refractivity contribution in [3.8, 4) is 0 Å². The van der Waals surface area contributed by atoms with Crippen molar-refractivity contribution in [1.82, 2.24) is 5.32 Å². The molecule has 102 valence electrons. The molecule has 1 aromatic carbocycles. The van der Waals surface area contributed by atoms with E-state index in [2.05, 4.69) is 12.2 Å². The standard InChI is InChI=1S/C14H21ClFNO/c1-5-17-13(14(2,3)18-4)9-10-6-7-12(16)11(15)8-10/h6-8,13,17H,5,9H2,1-4H3. The first-order chi connectivity index (χ1) is 8.40. The van der Waals surface area contributed by atoms with Gasteiger partial charge in [-0.05, 0) is 44.5 Å². The number of hydrogen-bond donors (Lipinski definition) is 1. The summed E-state index contributed by atoms with van der Waals surface area (Å²) in [5.41, 5.74) is 0.703. The Labute approximate surface area is 113 Å². The van der Waals surface area contributed by atoms with Gasteiger partial charge in [-0.3, -0.25) is 0 Å². The van der Waals surface area contributed by atoms with E-state index in [1.54, 1.807) is 19.2 Å². The molecule has 1 atom stereocenters. The Balaban J connectivity index is 2.86. The normalized spacial score (nSPS) is 13.7. The molecule has 1 N–H and O–H groups in total. The lowest BCUT2D eigenvalue weighted by atomic mass is 9.92. The molecule has 1 aromatic rings. The molecule has 0 amide bonds. The second kappa shape index (κ2) is 6.50. The number of hydrogen-bond acceptors (Lipinski definition) is 2.